The van der Waals surface area contributed by atoms with Gasteiger partial charge in [-0.15, -0.1) is 0 Å². The SMILES string of the molecule is CCc1cc(-c2ccc(NS(=O)c3ccccc3Cl)cc2F)cc2cnc(NC3CCC(N)CC3)nc12. The van der Waals surface area contributed by atoms with E-state index in [9.17, 15) is 4.21 Å². The van der Waals surface area contributed by atoms with Crippen LogP contribution in [0.2, 0.25) is 5.02 Å². The molecular weight excluding hydrogens is 509 g/mol. The van der Waals surface area contributed by atoms with Crippen molar-refractivity contribution in [3.8, 4) is 11.1 Å². The molecule has 4 aromatic rings. The molecule has 1 heterocycles. The van der Waals surface area contributed by atoms with Crippen molar-refractivity contribution in [1.82, 2.24) is 9.97 Å². The van der Waals surface area contributed by atoms with Crippen LogP contribution in [0, 0.1) is 5.82 Å². The lowest BCUT2D eigenvalue weighted by Gasteiger charge is -2.26. The summed E-state index contributed by atoms with van der Waals surface area (Å²) < 4.78 is 30.7. The van der Waals surface area contributed by atoms with Gasteiger partial charge in [-0.05, 0) is 85.7 Å². The summed E-state index contributed by atoms with van der Waals surface area (Å²) in [6.45, 7) is 2.06. The highest BCUT2D eigenvalue weighted by Crippen LogP contribution is 2.31. The van der Waals surface area contributed by atoms with E-state index in [2.05, 4.69) is 21.9 Å². The number of hydrogen-bond acceptors (Lipinski definition) is 5. The summed E-state index contributed by atoms with van der Waals surface area (Å²) in [5.74, 6) is 0.195. The van der Waals surface area contributed by atoms with Crippen molar-refractivity contribution >= 4 is 45.1 Å². The van der Waals surface area contributed by atoms with Crippen molar-refractivity contribution < 1.29 is 8.60 Å². The van der Waals surface area contributed by atoms with Crippen molar-refractivity contribution in [3.05, 3.63) is 77.2 Å². The normalized spacial score (nSPS) is 18.5. The van der Waals surface area contributed by atoms with E-state index in [1.165, 1.54) is 6.07 Å². The first-order chi connectivity index (χ1) is 17.9. The molecule has 192 valence electrons. The van der Waals surface area contributed by atoms with Crippen molar-refractivity contribution in [1.29, 1.82) is 0 Å². The predicted molar refractivity (Wildman–Crippen MR) is 150 cm³/mol. The molecule has 1 aliphatic rings. The molecule has 3 aromatic carbocycles. The second kappa shape index (κ2) is 11.1. The molecule has 1 unspecified atom stereocenters. The lowest BCUT2D eigenvalue weighted by atomic mass is 9.92. The minimum atomic E-state index is -1.61. The van der Waals surface area contributed by atoms with E-state index in [0.717, 1.165) is 54.1 Å². The molecule has 0 spiro atoms. The molecule has 1 aromatic heterocycles. The summed E-state index contributed by atoms with van der Waals surface area (Å²) in [6.07, 6.45) is 6.57. The number of aromatic nitrogens is 2. The molecular formula is C28H29ClFN5OS. The van der Waals surface area contributed by atoms with Crippen molar-refractivity contribution in [3.63, 3.8) is 0 Å². The average molecular weight is 538 g/mol. The molecule has 1 atom stereocenters. The molecule has 0 aliphatic heterocycles. The molecule has 0 bridgehead atoms. The van der Waals surface area contributed by atoms with Crippen LogP contribution < -0.4 is 15.8 Å². The van der Waals surface area contributed by atoms with Gasteiger partial charge in [-0.3, -0.25) is 0 Å². The van der Waals surface area contributed by atoms with Crippen LogP contribution >= 0.6 is 11.6 Å². The van der Waals surface area contributed by atoms with Gasteiger partial charge in [-0.25, -0.2) is 18.6 Å². The Morgan fingerprint density at radius 2 is 1.89 bits per heavy atom. The van der Waals surface area contributed by atoms with Gasteiger partial charge in [0.15, 0.2) is 11.0 Å². The summed E-state index contributed by atoms with van der Waals surface area (Å²) >= 11 is 6.14. The number of fused-ring (bicyclic) bond motifs is 1. The zero-order valence-electron chi connectivity index (χ0n) is 20.5. The number of anilines is 2. The van der Waals surface area contributed by atoms with E-state index >= 15 is 4.39 Å². The fourth-order valence-electron chi connectivity index (χ4n) is 4.73. The van der Waals surface area contributed by atoms with Crippen LogP contribution in [-0.2, 0) is 17.4 Å². The van der Waals surface area contributed by atoms with Crippen LogP contribution in [0.3, 0.4) is 0 Å². The van der Waals surface area contributed by atoms with Crippen molar-refractivity contribution in [2.45, 2.75) is 56.0 Å². The highest BCUT2D eigenvalue weighted by molar-refractivity contribution is 7.86. The minimum absolute atomic E-state index is 0.287. The molecule has 5 rings (SSSR count). The second-order valence-corrected chi connectivity index (χ2v) is 11.0. The molecule has 4 N–H and O–H groups in total. The molecule has 0 amide bonds. The maximum Gasteiger partial charge on any atom is 0.223 e. The topological polar surface area (TPSA) is 92.9 Å². The van der Waals surface area contributed by atoms with Crippen LogP contribution in [-0.4, -0.2) is 26.3 Å². The maximum absolute atomic E-state index is 15.2. The van der Waals surface area contributed by atoms with Gasteiger partial charge in [-0.1, -0.05) is 30.7 Å². The van der Waals surface area contributed by atoms with Gasteiger partial charge in [0.05, 0.1) is 15.4 Å². The maximum atomic E-state index is 15.2. The van der Waals surface area contributed by atoms with Gasteiger partial charge in [-0.2, -0.15) is 0 Å². The van der Waals surface area contributed by atoms with E-state index in [4.69, 9.17) is 22.3 Å². The summed E-state index contributed by atoms with van der Waals surface area (Å²) in [4.78, 5) is 9.77. The molecule has 6 nitrogen and oxygen atoms in total. The third-order valence-electron chi connectivity index (χ3n) is 6.77. The van der Waals surface area contributed by atoms with Crippen molar-refractivity contribution in [2.75, 3.05) is 10.0 Å². The number of halogens is 2. The lowest BCUT2D eigenvalue weighted by molar-refractivity contribution is 0.410. The average Bonchev–Trinajstić information content (AvgIpc) is 2.89. The fourth-order valence-corrected chi connectivity index (χ4v) is 5.97. The highest BCUT2D eigenvalue weighted by Gasteiger charge is 2.19. The number of benzene rings is 3. The quantitative estimate of drug-likeness (QED) is 0.251. The monoisotopic (exact) mass is 537 g/mol. The van der Waals surface area contributed by atoms with Gasteiger partial charge in [0.2, 0.25) is 5.95 Å². The first-order valence-electron chi connectivity index (χ1n) is 12.5. The second-order valence-electron chi connectivity index (χ2n) is 9.37. The first kappa shape index (κ1) is 25.6. The molecule has 1 aliphatic carbocycles. The van der Waals surface area contributed by atoms with Gasteiger partial charge < -0.3 is 15.8 Å². The van der Waals surface area contributed by atoms with E-state index < -0.39 is 16.8 Å². The largest absolute Gasteiger partial charge is 0.351 e. The van der Waals surface area contributed by atoms with Crippen LogP contribution in [0.15, 0.2) is 65.7 Å². The van der Waals surface area contributed by atoms with E-state index in [1.54, 1.807) is 42.6 Å². The molecule has 9 heteroatoms. The zero-order chi connectivity index (χ0) is 25.9. The molecule has 37 heavy (non-hydrogen) atoms. The van der Waals surface area contributed by atoms with E-state index in [0.29, 0.717) is 33.2 Å². The van der Waals surface area contributed by atoms with Crippen molar-refractivity contribution in [2.24, 2.45) is 5.73 Å². The lowest BCUT2D eigenvalue weighted by Crippen LogP contribution is -2.33. The number of rotatable bonds is 7. The Hall–Kier alpha value is -3.07. The third-order valence-corrected chi connectivity index (χ3v) is 8.39. The summed E-state index contributed by atoms with van der Waals surface area (Å²) in [7, 11) is -1.61. The highest BCUT2D eigenvalue weighted by atomic mass is 35.5. The van der Waals surface area contributed by atoms with E-state index in [-0.39, 0.29) is 6.04 Å². The molecule has 1 fully saturated rings. The Morgan fingerprint density at radius 3 is 2.62 bits per heavy atom. The summed E-state index contributed by atoms with van der Waals surface area (Å²) in [5.41, 5.74) is 9.50. The Morgan fingerprint density at radius 1 is 1.11 bits per heavy atom. The molecule has 0 radical (unpaired) electrons. The molecule has 1 saturated carbocycles. The number of hydrogen-bond donors (Lipinski definition) is 3. The minimum Gasteiger partial charge on any atom is -0.351 e. The first-order valence-corrected chi connectivity index (χ1v) is 14.0. The van der Waals surface area contributed by atoms with Gasteiger partial charge >= 0.3 is 0 Å². The van der Waals surface area contributed by atoms with Gasteiger partial charge in [0.25, 0.3) is 0 Å². The van der Waals surface area contributed by atoms with Crippen LogP contribution in [0.25, 0.3) is 22.0 Å². The van der Waals surface area contributed by atoms with E-state index in [1.807, 2.05) is 12.1 Å². The predicted octanol–water partition coefficient (Wildman–Crippen LogP) is 6.47. The summed E-state index contributed by atoms with van der Waals surface area (Å²) in [5, 5.41) is 4.70. The Kier molecular flexibility index (Phi) is 7.69. The summed E-state index contributed by atoms with van der Waals surface area (Å²) in [6, 6.07) is 16.1. The number of nitrogens with one attached hydrogen (secondary N) is 2. The Balaban J connectivity index is 1.39. The number of nitrogens with two attached hydrogens (primary N) is 1. The number of nitrogens with zero attached hydrogens (tertiary/aromatic N) is 2. The zero-order valence-corrected chi connectivity index (χ0v) is 22.1. The smallest absolute Gasteiger partial charge is 0.223 e. The Bertz CT molecular complexity index is 1460. The fraction of sp³-hybridized carbons (Fsp3) is 0.286. The van der Waals surface area contributed by atoms with Gasteiger partial charge in [0.1, 0.15) is 5.82 Å². The third kappa shape index (κ3) is 5.76. The number of aryl methyl sites for hydroxylation is 1. The standard InChI is InChI=1S/C28H29ClFN5OS/c1-2-17-13-18(14-19-16-32-28(34-27(17)19)33-21-9-7-20(31)8-10-21)23-12-11-22(15-25(23)30)35-37(36)26-6-4-3-5-24(26)29/h3-6,11-16,20-21,35H,2,7-10,31H2,1H3,(H,32,33,34). The molecule has 0 saturated heterocycles. The van der Waals surface area contributed by atoms with Gasteiger partial charge in [0, 0.05) is 34.9 Å². The van der Waals surface area contributed by atoms with Crippen LogP contribution in [0.1, 0.15) is 38.2 Å². The van der Waals surface area contributed by atoms with Crippen LogP contribution in [0.5, 0.6) is 0 Å². The Labute approximate surface area is 223 Å². The van der Waals surface area contributed by atoms with Crippen LogP contribution in [0.4, 0.5) is 16.0 Å².